The molecule has 126 valence electrons. The minimum Gasteiger partial charge on any atom is -0.463 e. The van der Waals surface area contributed by atoms with Gasteiger partial charge in [0, 0.05) is 5.56 Å². The molecule has 0 spiro atoms. The van der Waals surface area contributed by atoms with Crippen LogP contribution < -0.4 is 10.7 Å². The fraction of sp³-hybridized carbons (Fsp3) is 0.278. The molecule has 6 nitrogen and oxygen atoms in total. The molecule has 1 atom stereocenters. The van der Waals surface area contributed by atoms with Gasteiger partial charge in [0.2, 0.25) is 0 Å². The predicted octanol–water partition coefficient (Wildman–Crippen LogP) is 2.57. The van der Waals surface area contributed by atoms with E-state index in [-0.39, 0.29) is 17.7 Å². The molecule has 2 rings (SSSR count). The number of nitrogens with one attached hydrogen (secondary N) is 2. The molecule has 1 aromatic carbocycles. The van der Waals surface area contributed by atoms with Gasteiger partial charge < -0.3 is 9.73 Å². The van der Waals surface area contributed by atoms with Crippen LogP contribution in [0.2, 0.25) is 0 Å². The number of furan rings is 1. The van der Waals surface area contributed by atoms with E-state index in [0.717, 1.165) is 0 Å². The second-order valence-electron chi connectivity index (χ2n) is 5.77. The first kappa shape index (κ1) is 17.5. The first-order valence-corrected chi connectivity index (χ1v) is 7.78. The Kier molecular flexibility index (Phi) is 6.31. The Morgan fingerprint density at radius 2 is 1.92 bits per heavy atom. The Morgan fingerprint density at radius 3 is 2.54 bits per heavy atom. The number of benzene rings is 1. The minimum absolute atomic E-state index is 0.242. The number of amides is 2. The maximum atomic E-state index is 12.3. The van der Waals surface area contributed by atoms with E-state index in [1.165, 1.54) is 12.5 Å². The lowest BCUT2D eigenvalue weighted by molar-refractivity contribution is -0.123. The highest BCUT2D eigenvalue weighted by Crippen LogP contribution is 2.07. The highest BCUT2D eigenvalue weighted by molar-refractivity contribution is 5.97. The van der Waals surface area contributed by atoms with Crippen LogP contribution in [0, 0.1) is 5.92 Å². The Labute approximate surface area is 140 Å². The van der Waals surface area contributed by atoms with Crippen LogP contribution in [0.3, 0.4) is 0 Å². The van der Waals surface area contributed by atoms with Crippen molar-refractivity contribution >= 4 is 18.0 Å². The van der Waals surface area contributed by atoms with Crippen molar-refractivity contribution in [2.45, 2.75) is 26.3 Å². The average Bonchev–Trinajstić information content (AvgIpc) is 3.08. The molecule has 2 N–H and O–H groups in total. The summed E-state index contributed by atoms with van der Waals surface area (Å²) in [7, 11) is 0. The van der Waals surface area contributed by atoms with Gasteiger partial charge in [0.05, 0.1) is 12.5 Å². The number of nitrogens with zero attached hydrogens (tertiary/aromatic N) is 1. The fourth-order valence-corrected chi connectivity index (χ4v) is 2.14. The van der Waals surface area contributed by atoms with Crippen LogP contribution in [0.1, 0.15) is 36.4 Å². The van der Waals surface area contributed by atoms with Crippen molar-refractivity contribution < 1.29 is 14.0 Å². The molecule has 0 aliphatic carbocycles. The van der Waals surface area contributed by atoms with Gasteiger partial charge in [-0.15, -0.1) is 0 Å². The SMILES string of the molecule is CC(C)CC(NC(=O)c1ccccc1)C(=O)N/N=C/c1ccco1. The van der Waals surface area contributed by atoms with Gasteiger partial charge in [-0.3, -0.25) is 9.59 Å². The van der Waals surface area contributed by atoms with Crippen LogP contribution in [0.15, 0.2) is 58.2 Å². The monoisotopic (exact) mass is 327 g/mol. The minimum atomic E-state index is -0.661. The number of hydrogen-bond donors (Lipinski definition) is 2. The summed E-state index contributed by atoms with van der Waals surface area (Å²) in [4.78, 5) is 24.6. The summed E-state index contributed by atoms with van der Waals surface area (Å²) in [5.41, 5.74) is 2.95. The topological polar surface area (TPSA) is 83.7 Å². The molecular weight excluding hydrogens is 306 g/mol. The molecule has 2 amide bonds. The Balaban J connectivity index is 1.98. The zero-order valence-electron chi connectivity index (χ0n) is 13.7. The molecule has 0 fully saturated rings. The van der Waals surface area contributed by atoms with Crippen LogP contribution in [0.4, 0.5) is 0 Å². The van der Waals surface area contributed by atoms with E-state index in [1.807, 2.05) is 19.9 Å². The van der Waals surface area contributed by atoms with E-state index in [2.05, 4.69) is 15.8 Å². The number of hydrazone groups is 1. The largest absolute Gasteiger partial charge is 0.463 e. The third-order valence-corrected chi connectivity index (χ3v) is 3.27. The first-order valence-electron chi connectivity index (χ1n) is 7.78. The van der Waals surface area contributed by atoms with Crippen LogP contribution in [-0.4, -0.2) is 24.1 Å². The molecule has 2 aromatic rings. The summed E-state index contributed by atoms with van der Waals surface area (Å²) in [6.07, 6.45) is 3.44. The zero-order chi connectivity index (χ0) is 17.4. The summed E-state index contributed by atoms with van der Waals surface area (Å²) >= 11 is 0. The molecular formula is C18H21N3O3. The third kappa shape index (κ3) is 5.39. The molecule has 0 aliphatic heterocycles. The smallest absolute Gasteiger partial charge is 0.262 e. The third-order valence-electron chi connectivity index (χ3n) is 3.27. The summed E-state index contributed by atoms with van der Waals surface area (Å²) in [5, 5.41) is 6.61. The van der Waals surface area contributed by atoms with Gasteiger partial charge >= 0.3 is 0 Å². The zero-order valence-corrected chi connectivity index (χ0v) is 13.7. The maximum Gasteiger partial charge on any atom is 0.262 e. The Morgan fingerprint density at radius 1 is 1.17 bits per heavy atom. The standard InChI is InChI=1S/C18H21N3O3/c1-13(2)11-16(20-17(22)14-7-4-3-5-8-14)18(23)21-19-12-15-9-6-10-24-15/h3-10,12-13,16H,11H2,1-2H3,(H,20,22)(H,21,23)/b19-12+. The Hall–Kier alpha value is -2.89. The van der Waals surface area contributed by atoms with Crippen molar-refractivity contribution in [2.24, 2.45) is 11.0 Å². The van der Waals surface area contributed by atoms with Crippen molar-refractivity contribution in [2.75, 3.05) is 0 Å². The number of rotatable bonds is 7. The highest BCUT2D eigenvalue weighted by Gasteiger charge is 2.22. The van der Waals surface area contributed by atoms with Crippen LogP contribution in [0.5, 0.6) is 0 Å². The van der Waals surface area contributed by atoms with Crippen molar-refractivity contribution in [3.63, 3.8) is 0 Å². The van der Waals surface area contributed by atoms with Gasteiger partial charge in [-0.1, -0.05) is 32.0 Å². The molecule has 1 aromatic heterocycles. The molecule has 1 unspecified atom stereocenters. The van der Waals surface area contributed by atoms with Gasteiger partial charge in [0.15, 0.2) is 0 Å². The average molecular weight is 327 g/mol. The summed E-state index contributed by atoms with van der Waals surface area (Å²) in [6.45, 7) is 3.97. The maximum absolute atomic E-state index is 12.3. The molecule has 24 heavy (non-hydrogen) atoms. The second-order valence-corrected chi connectivity index (χ2v) is 5.77. The van der Waals surface area contributed by atoms with E-state index >= 15 is 0 Å². The van der Waals surface area contributed by atoms with Crippen molar-refractivity contribution in [3.05, 3.63) is 60.1 Å². The lowest BCUT2D eigenvalue weighted by atomic mass is 10.0. The van der Waals surface area contributed by atoms with Gasteiger partial charge in [-0.25, -0.2) is 5.43 Å². The van der Waals surface area contributed by atoms with Crippen molar-refractivity contribution in [1.82, 2.24) is 10.7 Å². The van der Waals surface area contributed by atoms with Crippen LogP contribution in [0.25, 0.3) is 0 Å². The molecule has 0 bridgehead atoms. The Bertz CT molecular complexity index is 679. The summed E-state index contributed by atoms with van der Waals surface area (Å²) < 4.78 is 5.09. The van der Waals surface area contributed by atoms with Gasteiger partial charge in [-0.05, 0) is 36.6 Å². The first-order chi connectivity index (χ1) is 11.6. The van der Waals surface area contributed by atoms with Crippen LogP contribution >= 0.6 is 0 Å². The number of hydrogen-bond acceptors (Lipinski definition) is 4. The second kappa shape index (κ2) is 8.67. The molecule has 0 saturated heterocycles. The van der Waals surface area contributed by atoms with E-state index in [1.54, 1.807) is 36.4 Å². The lowest BCUT2D eigenvalue weighted by Gasteiger charge is -2.18. The van der Waals surface area contributed by atoms with Crippen LogP contribution in [-0.2, 0) is 4.79 Å². The molecule has 6 heteroatoms. The number of carbonyl (C=O) groups excluding carboxylic acids is 2. The highest BCUT2D eigenvalue weighted by atomic mass is 16.3. The van der Waals surface area contributed by atoms with E-state index in [4.69, 9.17) is 4.42 Å². The molecule has 0 aliphatic rings. The quantitative estimate of drug-likeness (QED) is 0.605. The molecule has 1 heterocycles. The van der Waals surface area contributed by atoms with Gasteiger partial charge in [0.25, 0.3) is 11.8 Å². The van der Waals surface area contributed by atoms with Gasteiger partial charge in [0.1, 0.15) is 11.8 Å². The number of carbonyl (C=O) groups is 2. The molecule has 0 radical (unpaired) electrons. The van der Waals surface area contributed by atoms with Gasteiger partial charge in [-0.2, -0.15) is 5.10 Å². The van der Waals surface area contributed by atoms with Crippen molar-refractivity contribution in [3.8, 4) is 0 Å². The fourth-order valence-electron chi connectivity index (χ4n) is 2.14. The lowest BCUT2D eigenvalue weighted by Crippen LogP contribution is -2.46. The van der Waals surface area contributed by atoms with E-state index in [0.29, 0.717) is 17.7 Å². The van der Waals surface area contributed by atoms with E-state index in [9.17, 15) is 9.59 Å². The molecule has 0 saturated carbocycles. The summed E-state index contributed by atoms with van der Waals surface area (Å²) in [6, 6.07) is 11.6. The van der Waals surface area contributed by atoms with E-state index < -0.39 is 6.04 Å². The predicted molar refractivity (Wildman–Crippen MR) is 91.6 cm³/mol. The summed E-state index contributed by atoms with van der Waals surface area (Å²) in [5.74, 6) is 0.122. The van der Waals surface area contributed by atoms with Crippen molar-refractivity contribution in [1.29, 1.82) is 0 Å². The normalized spacial score (nSPS) is 12.3.